The monoisotopic (exact) mass is 407 g/mol. The number of anilines is 2. The summed E-state index contributed by atoms with van der Waals surface area (Å²) in [5.74, 6) is 1.42. The van der Waals surface area contributed by atoms with Crippen molar-refractivity contribution in [1.82, 2.24) is 19.9 Å². The number of hydrogen-bond acceptors (Lipinski definition) is 5. The lowest BCUT2D eigenvalue weighted by Crippen LogP contribution is -2.39. The number of rotatable bonds is 4. The van der Waals surface area contributed by atoms with Gasteiger partial charge in [0.05, 0.1) is 5.69 Å². The number of pyridine rings is 1. The molecule has 0 spiro atoms. The minimum atomic E-state index is 0.0302. The van der Waals surface area contributed by atoms with Gasteiger partial charge in [0.1, 0.15) is 5.82 Å². The van der Waals surface area contributed by atoms with E-state index in [4.69, 9.17) is 11.6 Å². The van der Waals surface area contributed by atoms with Crippen molar-refractivity contribution in [2.45, 2.75) is 25.7 Å². The second kappa shape index (κ2) is 8.57. The molecule has 1 amide bonds. The van der Waals surface area contributed by atoms with Crippen LogP contribution in [0.3, 0.4) is 0 Å². The van der Waals surface area contributed by atoms with Gasteiger partial charge >= 0.3 is 0 Å². The smallest absolute Gasteiger partial charge is 0.253 e. The molecule has 1 aromatic carbocycles. The lowest BCUT2D eigenvalue weighted by Gasteiger charge is -2.32. The average molecular weight is 408 g/mol. The Hall–Kier alpha value is -2.99. The molecule has 0 aliphatic carbocycles. The minimum Gasteiger partial charge on any atom is -0.338 e. The first-order valence-electron chi connectivity index (χ1n) is 9.66. The summed E-state index contributed by atoms with van der Waals surface area (Å²) < 4.78 is 0. The normalized spacial score (nSPS) is 16.5. The predicted octanol–water partition coefficient (Wildman–Crippen LogP) is 4.60. The molecule has 7 heteroatoms. The summed E-state index contributed by atoms with van der Waals surface area (Å²) in [6, 6.07) is 12.9. The molecule has 2 aromatic heterocycles. The van der Waals surface area contributed by atoms with E-state index in [0.717, 1.165) is 30.6 Å². The number of benzene rings is 1. The molecule has 3 heterocycles. The molecule has 6 nitrogen and oxygen atoms in total. The van der Waals surface area contributed by atoms with Gasteiger partial charge in [0.2, 0.25) is 5.95 Å². The fourth-order valence-corrected chi connectivity index (χ4v) is 3.62. The van der Waals surface area contributed by atoms with Crippen LogP contribution in [0.15, 0.2) is 54.9 Å². The number of carbonyl (C=O) groups excluding carboxylic acids is 1. The molecule has 1 atom stereocenters. The van der Waals surface area contributed by atoms with E-state index in [9.17, 15) is 4.79 Å². The van der Waals surface area contributed by atoms with Crippen LogP contribution >= 0.6 is 11.6 Å². The molecule has 3 aromatic rings. The van der Waals surface area contributed by atoms with E-state index in [-0.39, 0.29) is 11.8 Å². The molecule has 1 saturated heterocycles. The maximum atomic E-state index is 12.9. The van der Waals surface area contributed by atoms with Crippen molar-refractivity contribution >= 4 is 29.3 Å². The Labute approximate surface area is 175 Å². The van der Waals surface area contributed by atoms with Gasteiger partial charge in [-0.3, -0.25) is 4.79 Å². The van der Waals surface area contributed by atoms with E-state index < -0.39 is 0 Å². The minimum absolute atomic E-state index is 0.0302. The van der Waals surface area contributed by atoms with Gasteiger partial charge in [-0.2, -0.15) is 0 Å². The molecule has 0 unspecified atom stereocenters. The molecule has 0 radical (unpaired) electrons. The van der Waals surface area contributed by atoms with Crippen LogP contribution < -0.4 is 5.32 Å². The van der Waals surface area contributed by atoms with E-state index in [1.165, 1.54) is 0 Å². The van der Waals surface area contributed by atoms with Gasteiger partial charge in [-0.05, 0) is 61.7 Å². The van der Waals surface area contributed by atoms with Crippen LogP contribution in [0.1, 0.15) is 40.4 Å². The Morgan fingerprint density at radius 3 is 2.72 bits per heavy atom. The van der Waals surface area contributed by atoms with Crippen molar-refractivity contribution in [2.24, 2.45) is 0 Å². The predicted molar refractivity (Wildman–Crippen MR) is 114 cm³/mol. The van der Waals surface area contributed by atoms with Crippen molar-refractivity contribution in [3.63, 3.8) is 0 Å². The Bertz CT molecular complexity index is 991. The number of aromatic nitrogens is 3. The van der Waals surface area contributed by atoms with Gasteiger partial charge in [0.15, 0.2) is 0 Å². The fourth-order valence-electron chi connectivity index (χ4n) is 3.49. The number of carbonyl (C=O) groups is 1. The fraction of sp³-hybridized carbons (Fsp3) is 0.273. The molecular formula is C22H22ClN5O. The summed E-state index contributed by atoms with van der Waals surface area (Å²) in [7, 11) is 0. The van der Waals surface area contributed by atoms with Gasteiger partial charge in [0, 0.05) is 42.0 Å². The zero-order valence-electron chi connectivity index (χ0n) is 16.2. The Morgan fingerprint density at radius 1 is 1.14 bits per heavy atom. The summed E-state index contributed by atoms with van der Waals surface area (Å²) in [6.45, 7) is 3.39. The molecule has 29 heavy (non-hydrogen) atoms. The third kappa shape index (κ3) is 4.71. The Balaban J connectivity index is 1.47. The van der Waals surface area contributed by atoms with Crippen LogP contribution in [-0.2, 0) is 0 Å². The summed E-state index contributed by atoms with van der Waals surface area (Å²) in [5.41, 5.74) is 2.69. The highest BCUT2D eigenvalue weighted by Crippen LogP contribution is 2.27. The first-order valence-corrected chi connectivity index (χ1v) is 10.0. The quantitative estimate of drug-likeness (QED) is 0.684. The number of nitrogens with zero attached hydrogens (tertiary/aromatic N) is 4. The topological polar surface area (TPSA) is 71.0 Å². The van der Waals surface area contributed by atoms with Gasteiger partial charge < -0.3 is 10.2 Å². The number of likely N-dealkylation sites (tertiary alicyclic amines) is 1. The van der Waals surface area contributed by atoms with E-state index >= 15 is 0 Å². The zero-order valence-corrected chi connectivity index (χ0v) is 16.9. The molecule has 1 aliphatic rings. The largest absolute Gasteiger partial charge is 0.338 e. The van der Waals surface area contributed by atoms with Crippen molar-refractivity contribution in [3.05, 3.63) is 76.7 Å². The molecule has 0 bridgehead atoms. The van der Waals surface area contributed by atoms with Gasteiger partial charge in [-0.25, -0.2) is 15.0 Å². The van der Waals surface area contributed by atoms with Crippen molar-refractivity contribution in [3.8, 4) is 0 Å². The number of hydrogen-bond donors (Lipinski definition) is 1. The lowest BCUT2D eigenvalue weighted by atomic mass is 9.94. The zero-order chi connectivity index (χ0) is 20.2. The molecule has 148 valence electrons. The molecule has 1 N–H and O–H groups in total. The molecule has 4 rings (SSSR count). The maximum Gasteiger partial charge on any atom is 0.253 e. The number of nitrogens with one attached hydrogen (secondary N) is 1. The van der Waals surface area contributed by atoms with E-state index in [2.05, 4.69) is 20.3 Å². The highest BCUT2D eigenvalue weighted by Gasteiger charge is 2.26. The van der Waals surface area contributed by atoms with E-state index in [1.54, 1.807) is 36.7 Å². The van der Waals surface area contributed by atoms with E-state index in [0.29, 0.717) is 28.9 Å². The van der Waals surface area contributed by atoms with Crippen LogP contribution in [0.4, 0.5) is 11.8 Å². The standard InChI is InChI=1S/C22H22ClN5O/c1-15-4-9-20(25-13-15)27-22-24-11-10-19(26-22)17-3-2-12-28(14-17)21(29)16-5-7-18(23)8-6-16/h4-11,13,17H,2-3,12,14H2,1H3,(H,24,25,26,27)/t17-/m1/s1. The van der Waals surface area contributed by atoms with Gasteiger partial charge in [0.25, 0.3) is 5.91 Å². The number of aryl methyl sites for hydroxylation is 1. The third-order valence-corrected chi connectivity index (χ3v) is 5.30. The summed E-state index contributed by atoms with van der Waals surface area (Å²) in [5, 5.41) is 3.78. The number of amides is 1. The van der Waals surface area contributed by atoms with Crippen molar-refractivity contribution in [2.75, 3.05) is 18.4 Å². The van der Waals surface area contributed by atoms with Crippen LogP contribution in [0, 0.1) is 6.92 Å². The highest BCUT2D eigenvalue weighted by molar-refractivity contribution is 6.30. The SMILES string of the molecule is Cc1ccc(Nc2nccc([C@@H]3CCCN(C(=O)c4ccc(Cl)cc4)C3)n2)nc1. The summed E-state index contributed by atoms with van der Waals surface area (Å²) in [6.07, 6.45) is 5.48. The molecule has 1 fully saturated rings. The second-order valence-electron chi connectivity index (χ2n) is 7.25. The van der Waals surface area contributed by atoms with Crippen molar-refractivity contribution in [1.29, 1.82) is 0 Å². The Morgan fingerprint density at radius 2 is 1.97 bits per heavy atom. The first-order chi connectivity index (χ1) is 14.1. The van der Waals surface area contributed by atoms with Gasteiger partial charge in [-0.1, -0.05) is 17.7 Å². The first kappa shape index (κ1) is 19.3. The second-order valence-corrected chi connectivity index (χ2v) is 7.68. The molecule has 0 saturated carbocycles. The molecule has 1 aliphatic heterocycles. The average Bonchev–Trinajstić information content (AvgIpc) is 2.76. The van der Waals surface area contributed by atoms with Crippen LogP contribution in [0.2, 0.25) is 5.02 Å². The summed E-state index contributed by atoms with van der Waals surface area (Å²) in [4.78, 5) is 28.1. The number of halogens is 1. The van der Waals surface area contributed by atoms with Crippen LogP contribution in [0.5, 0.6) is 0 Å². The van der Waals surface area contributed by atoms with Crippen LogP contribution in [0.25, 0.3) is 0 Å². The van der Waals surface area contributed by atoms with E-state index in [1.807, 2.05) is 30.0 Å². The van der Waals surface area contributed by atoms with Crippen molar-refractivity contribution < 1.29 is 4.79 Å². The number of piperidine rings is 1. The molecular weight excluding hydrogens is 386 g/mol. The highest BCUT2D eigenvalue weighted by atomic mass is 35.5. The Kier molecular flexibility index (Phi) is 5.71. The summed E-state index contributed by atoms with van der Waals surface area (Å²) >= 11 is 5.94. The van der Waals surface area contributed by atoms with Crippen LogP contribution in [-0.4, -0.2) is 38.8 Å². The maximum absolute atomic E-state index is 12.9. The third-order valence-electron chi connectivity index (χ3n) is 5.05. The lowest BCUT2D eigenvalue weighted by molar-refractivity contribution is 0.0706. The van der Waals surface area contributed by atoms with Gasteiger partial charge in [-0.15, -0.1) is 0 Å².